The van der Waals surface area contributed by atoms with Gasteiger partial charge in [-0.05, 0) is 0 Å². The average Bonchev–Trinajstić information content (AvgIpc) is 2.65. The monoisotopic (exact) mass is 257 g/mol. The second kappa shape index (κ2) is 4.42. The molecule has 1 rings (SSSR count). The van der Waals surface area contributed by atoms with E-state index in [1.54, 1.807) is 0 Å². The first-order valence-electron chi connectivity index (χ1n) is 4.33. The maximum atomic E-state index is 12.1. The molecule has 9 heteroatoms. The number of alkyl halides is 3. The lowest BCUT2D eigenvalue weighted by Crippen LogP contribution is -2.38. The van der Waals surface area contributed by atoms with E-state index in [9.17, 15) is 21.6 Å². The lowest BCUT2D eigenvalue weighted by Gasteiger charge is -2.20. The maximum Gasteiger partial charge on any atom is 0.402 e. The zero-order valence-corrected chi connectivity index (χ0v) is 9.14. The van der Waals surface area contributed by atoms with Gasteiger partial charge in [-0.1, -0.05) is 6.92 Å². The van der Waals surface area contributed by atoms with E-state index in [1.165, 1.54) is 6.92 Å². The molecular formula is C7H10F3N3O2S. The Morgan fingerprint density at radius 1 is 1.50 bits per heavy atom. The fraction of sp³-hybridized carbons (Fsp3) is 0.571. The van der Waals surface area contributed by atoms with Gasteiger partial charge in [0.15, 0.2) is 0 Å². The van der Waals surface area contributed by atoms with Crippen LogP contribution in [0, 0.1) is 0 Å². The van der Waals surface area contributed by atoms with Crippen LogP contribution in [0.5, 0.6) is 0 Å². The van der Waals surface area contributed by atoms with Crippen LogP contribution in [0.3, 0.4) is 0 Å². The van der Waals surface area contributed by atoms with E-state index in [1.807, 2.05) is 0 Å². The predicted molar refractivity (Wildman–Crippen MR) is 49.1 cm³/mol. The molecule has 0 amide bonds. The molecule has 92 valence electrons. The van der Waals surface area contributed by atoms with E-state index in [4.69, 9.17) is 0 Å². The first-order chi connectivity index (χ1) is 7.27. The zero-order valence-electron chi connectivity index (χ0n) is 8.32. The Kier molecular flexibility index (Phi) is 3.58. The van der Waals surface area contributed by atoms with Gasteiger partial charge in [0.25, 0.3) is 0 Å². The normalized spacial score (nSPS) is 13.3. The van der Waals surface area contributed by atoms with Crippen molar-refractivity contribution in [1.29, 1.82) is 0 Å². The third kappa shape index (κ3) is 2.95. The fourth-order valence-corrected chi connectivity index (χ4v) is 2.44. The summed E-state index contributed by atoms with van der Waals surface area (Å²) in [6.45, 7) is -0.423. The summed E-state index contributed by atoms with van der Waals surface area (Å²) in [7, 11) is -4.12. The lowest BCUT2D eigenvalue weighted by molar-refractivity contribution is -0.135. The number of aromatic amines is 1. The molecule has 1 heterocycles. The van der Waals surface area contributed by atoms with Crippen molar-refractivity contribution in [3.05, 3.63) is 12.4 Å². The second-order valence-corrected chi connectivity index (χ2v) is 4.92. The summed E-state index contributed by atoms with van der Waals surface area (Å²) in [4.78, 5) is -0.279. The van der Waals surface area contributed by atoms with E-state index >= 15 is 0 Å². The minimum absolute atomic E-state index is 0.257. The van der Waals surface area contributed by atoms with Crippen LogP contribution < -0.4 is 0 Å². The number of hydrogen-bond acceptors (Lipinski definition) is 3. The maximum absolute atomic E-state index is 12.1. The number of halogens is 3. The van der Waals surface area contributed by atoms with Crippen LogP contribution in [0.2, 0.25) is 0 Å². The van der Waals surface area contributed by atoms with Gasteiger partial charge in [0.2, 0.25) is 10.0 Å². The molecule has 0 radical (unpaired) electrons. The quantitative estimate of drug-likeness (QED) is 0.874. The van der Waals surface area contributed by atoms with E-state index in [-0.39, 0.29) is 11.4 Å². The van der Waals surface area contributed by atoms with Crippen molar-refractivity contribution in [2.45, 2.75) is 18.0 Å². The molecule has 0 aliphatic carbocycles. The van der Waals surface area contributed by atoms with Crippen LogP contribution in [0.25, 0.3) is 0 Å². The summed E-state index contributed by atoms with van der Waals surface area (Å²) in [5.74, 6) is 0. The molecule has 0 aromatic carbocycles. The highest BCUT2D eigenvalue weighted by molar-refractivity contribution is 7.89. The molecule has 5 nitrogen and oxygen atoms in total. The molecule has 0 saturated heterocycles. The zero-order chi connectivity index (χ0) is 12.4. The summed E-state index contributed by atoms with van der Waals surface area (Å²) in [5, 5.41) is 5.63. The lowest BCUT2D eigenvalue weighted by atomic mass is 10.6. The van der Waals surface area contributed by atoms with Crippen LogP contribution >= 0.6 is 0 Å². The number of H-pyrrole nitrogens is 1. The Labute approximate surface area is 90.3 Å². The Morgan fingerprint density at radius 3 is 2.50 bits per heavy atom. The van der Waals surface area contributed by atoms with Crippen molar-refractivity contribution >= 4 is 10.0 Å². The molecule has 1 aromatic rings. The second-order valence-electron chi connectivity index (χ2n) is 2.98. The van der Waals surface area contributed by atoms with Crippen LogP contribution in [0.1, 0.15) is 6.92 Å². The number of nitrogens with zero attached hydrogens (tertiary/aromatic N) is 2. The van der Waals surface area contributed by atoms with Gasteiger partial charge in [-0.25, -0.2) is 8.42 Å². The van der Waals surface area contributed by atoms with E-state index in [0.29, 0.717) is 4.31 Å². The number of sulfonamides is 1. The minimum atomic E-state index is -4.56. The van der Waals surface area contributed by atoms with Gasteiger partial charge in [-0.3, -0.25) is 5.10 Å². The Bertz CT molecular complexity index is 426. The molecule has 0 unspecified atom stereocenters. The summed E-state index contributed by atoms with van der Waals surface area (Å²) in [6.07, 6.45) is -2.56. The molecule has 1 N–H and O–H groups in total. The number of aromatic nitrogens is 2. The Morgan fingerprint density at radius 2 is 2.12 bits per heavy atom. The van der Waals surface area contributed by atoms with Gasteiger partial charge in [-0.15, -0.1) is 0 Å². The van der Waals surface area contributed by atoms with Crippen molar-refractivity contribution < 1.29 is 21.6 Å². The van der Waals surface area contributed by atoms with Gasteiger partial charge >= 0.3 is 6.18 Å². The third-order valence-corrected chi connectivity index (χ3v) is 3.71. The highest BCUT2D eigenvalue weighted by atomic mass is 32.2. The van der Waals surface area contributed by atoms with Gasteiger partial charge in [0, 0.05) is 12.7 Å². The van der Waals surface area contributed by atoms with Crippen LogP contribution in [0.15, 0.2) is 17.3 Å². The SMILES string of the molecule is CCN(CC(F)(F)F)S(=O)(=O)c1cn[nH]c1. The van der Waals surface area contributed by atoms with E-state index in [2.05, 4.69) is 10.2 Å². The van der Waals surface area contributed by atoms with Crippen molar-refractivity contribution in [2.75, 3.05) is 13.1 Å². The molecule has 0 fully saturated rings. The first kappa shape index (κ1) is 13.0. The Hall–Kier alpha value is -1.09. The Balaban J connectivity index is 2.97. The highest BCUT2D eigenvalue weighted by Crippen LogP contribution is 2.21. The van der Waals surface area contributed by atoms with E-state index in [0.717, 1.165) is 12.4 Å². The summed E-state index contributed by atoms with van der Waals surface area (Å²) in [6, 6.07) is 0. The average molecular weight is 257 g/mol. The number of rotatable bonds is 4. The number of hydrogen-bond donors (Lipinski definition) is 1. The van der Waals surface area contributed by atoms with Gasteiger partial charge in [0.1, 0.15) is 11.4 Å². The van der Waals surface area contributed by atoms with Gasteiger partial charge < -0.3 is 0 Å². The molecule has 0 saturated carbocycles. The smallest absolute Gasteiger partial charge is 0.284 e. The van der Waals surface area contributed by atoms with Crippen molar-refractivity contribution in [3.63, 3.8) is 0 Å². The molecule has 1 aromatic heterocycles. The summed E-state index contributed by atoms with van der Waals surface area (Å²) < 4.78 is 60.1. The van der Waals surface area contributed by atoms with Gasteiger partial charge in [-0.2, -0.15) is 22.6 Å². The van der Waals surface area contributed by atoms with Crippen molar-refractivity contribution in [2.24, 2.45) is 0 Å². The first-order valence-corrected chi connectivity index (χ1v) is 5.77. The molecule has 0 atom stereocenters. The van der Waals surface area contributed by atoms with Crippen LogP contribution in [-0.2, 0) is 10.0 Å². The standard InChI is InChI=1S/C7H10F3N3O2S/c1-2-13(5-7(8,9)10)16(14,15)6-3-11-12-4-6/h3-4H,2,5H2,1H3,(H,11,12). The molecular weight excluding hydrogens is 247 g/mol. The largest absolute Gasteiger partial charge is 0.402 e. The van der Waals surface area contributed by atoms with E-state index < -0.39 is 22.7 Å². The summed E-state index contributed by atoms with van der Waals surface area (Å²) >= 11 is 0. The third-order valence-electron chi connectivity index (χ3n) is 1.82. The fourth-order valence-electron chi connectivity index (χ4n) is 1.10. The molecule has 16 heavy (non-hydrogen) atoms. The minimum Gasteiger partial charge on any atom is -0.284 e. The predicted octanol–water partition coefficient (Wildman–Crippen LogP) is 0.983. The number of nitrogens with one attached hydrogen (secondary N) is 1. The molecule has 0 aliphatic rings. The van der Waals surface area contributed by atoms with Crippen LogP contribution in [0.4, 0.5) is 13.2 Å². The van der Waals surface area contributed by atoms with Crippen LogP contribution in [-0.4, -0.2) is 42.2 Å². The topological polar surface area (TPSA) is 66.1 Å². The molecule has 0 spiro atoms. The highest BCUT2D eigenvalue weighted by Gasteiger charge is 2.36. The summed E-state index contributed by atoms with van der Waals surface area (Å²) in [5.41, 5.74) is 0. The molecule has 0 bridgehead atoms. The van der Waals surface area contributed by atoms with Crippen molar-refractivity contribution in [3.8, 4) is 0 Å². The van der Waals surface area contributed by atoms with Crippen molar-refractivity contribution in [1.82, 2.24) is 14.5 Å². The molecule has 0 aliphatic heterocycles. The van der Waals surface area contributed by atoms with Gasteiger partial charge in [0.05, 0.1) is 6.20 Å².